The maximum absolute atomic E-state index is 12.7. The standard InChI is InChI=1S/C18H30N2O4/c1-3-13(2)16(22)20-11-7-8-14(12-20)15(21)19-18(17(23)24)9-5-4-6-10-18/h13-14H,3-12H2,1-2H3,(H,19,21)(H,23,24). The quantitative estimate of drug-likeness (QED) is 0.804. The lowest BCUT2D eigenvalue weighted by molar-refractivity contribution is -0.151. The molecular weight excluding hydrogens is 308 g/mol. The van der Waals surface area contributed by atoms with Crippen molar-refractivity contribution in [2.45, 2.75) is 70.8 Å². The fourth-order valence-corrected chi connectivity index (χ4v) is 3.76. The lowest BCUT2D eigenvalue weighted by Crippen LogP contribution is -2.58. The van der Waals surface area contributed by atoms with Crippen molar-refractivity contribution in [3.8, 4) is 0 Å². The summed E-state index contributed by atoms with van der Waals surface area (Å²) in [6.45, 7) is 4.99. The molecule has 1 saturated heterocycles. The molecule has 0 aromatic rings. The number of carbonyl (C=O) groups is 3. The summed E-state index contributed by atoms with van der Waals surface area (Å²) in [4.78, 5) is 38.5. The molecule has 0 bridgehead atoms. The number of nitrogens with one attached hydrogen (secondary N) is 1. The van der Waals surface area contributed by atoms with E-state index in [1.54, 1.807) is 4.90 Å². The number of rotatable bonds is 5. The second-order valence-electron chi connectivity index (χ2n) is 7.37. The summed E-state index contributed by atoms with van der Waals surface area (Å²) < 4.78 is 0. The summed E-state index contributed by atoms with van der Waals surface area (Å²) in [5.74, 6) is -1.37. The fourth-order valence-electron chi connectivity index (χ4n) is 3.76. The molecule has 6 nitrogen and oxygen atoms in total. The molecule has 2 fully saturated rings. The predicted molar refractivity (Wildman–Crippen MR) is 90.4 cm³/mol. The van der Waals surface area contributed by atoms with Gasteiger partial charge in [-0.2, -0.15) is 0 Å². The Bertz CT molecular complexity index is 485. The molecule has 2 N–H and O–H groups in total. The number of likely N-dealkylation sites (tertiary alicyclic amines) is 1. The number of piperidine rings is 1. The highest BCUT2D eigenvalue weighted by atomic mass is 16.4. The minimum atomic E-state index is -1.11. The highest BCUT2D eigenvalue weighted by molar-refractivity contribution is 5.89. The van der Waals surface area contributed by atoms with Gasteiger partial charge in [0.05, 0.1) is 5.92 Å². The largest absolute Gasteiger partial charge is 0.480 e. The Balaban J connectivity index is 2.00. The molecule has 2 atom stereocenters. The number of carbonyl (C=O) groups excluding carboxylic acids is 2. The van der Waals surface area contributed by atoms with Crippen LogP contribution in [0.2, 0.25) is 0 Å². The Kier molecular flexibility index (Phi) is 6.24. The molecule has 0 radical (unpaired) electrons. The number of nitrogens with zero attached hydrogens (tertiary/aromatic N) is 1. The molecule has 0 aromatic heterocycles. The van der Waals surface area contributed by atoms with Gasteiger partial charge >= 0.3 is 5.97 Å². The van der Waals surface area contributed by atoms with Crippen LogP contribution in [0.15, 0.2) is 0 Å². The molecule has 2 rings (SSSR count). The van der Waals surface area contributed by atoms with Gasteiger partial charge < -0.3 is 15.3 Å². The summed E-state index contributed by atoms with van der Waals surface area (Å²) in [6, 6.07) is 0. The third-order valence-electron chi connectivity index (χ3n) is 5.62. The van der Waals surface area contributed by atoms with E-state index in [0.29, 0.717) is 32.4 Å². The Morgan fingerprint density at radius 3 is 2.46 bits per heavy atom. The van der Waals surface area contributed by atoms with Crippen LogP contribution in [0.4, 0.5) is 0 Å². The zero-order valence-corrected chi connectivity index (χ0v) is 14.8. The molecule has 6 heteroatoms. The third kappa shape index (κ3) is 4.08. The first-order chi connectivity index (χ1) is 11.4. The molecule has 0 spiro atoms. The van der Waals surface area contributed by atoms with E-state index in [1.165, 1.54) is 0 Å². The van der Waals surface area contributed by atoms with Crippen molar-refractivity contribution in [3.05, 3.63) is 0 Å². The number of aliphatic carboxylic acids is 1. The Morgan fingerprint density at radius 1 is 1.21 bits per heavy atom. The molecule has 0 aromatic carbocycles. The van der Waals surface area contributed by atoms with Crippen LogP contribution in [0.1, 0.15) is 65.2 Å². The van der Waals surface area contributed by atoms with Crippen LogP contribution in [0.5, 0.6) is 0 Å². The third-order valence-corrected chi connectivity index (χ3v) is 5.62. The summed E-state index contributed by atoms with van der Waals surface area (Å²) in [5, 5.41) is 12.4. The molecule has 136 valence electrons. The number of carboxylic acid groups (broad SMARTS) is 1. The van der Waals surface area contributed by atoms with Crippen molar-refractivity contribution in [1.82, 2.24) is 10.2 Å². The Labute approximate surface area is 144 Å². The normalized spacial score (nSPS) is 24.9. The van der Waals surface area contributed by atoms with E-state index < -0.39 is 11.5 Å². The molecule has 24 heavy (non-hydrogen) atoms. The van der Waals surface area contributed by atoms with E-state index in [1.807, 2.05) is 13.8 Å². The van der Waals surface area contributed by atoms with Crippen LogP contribution < -0.4 is 5.32 Å². The van der Waals surface area contributed by atoms with Crippen LogP contribution in [0.3, 0.4) is 0 Å². The van der Waals surface area contributed by atoms with Crippen molar-refractivity contribution >= 4 is 17.8 Å². The molecule has 1 aliphatic heterocycles. The Hall–Kier alpha value is -1.59. The van der Waals surface area contributed by atoms with E-state index >= 15 is 0 Å². The summed E-state index contributed by atoms with van der Waals surface area (Å²) in [5.41, 5.74) is -1.11. The minimum Gasteiger partial charge on any atom is -0.480 e. The van der Waals surface area contributed by atoms with Gasteiger partial charge in [0.2, 0.25) is 11.8 Å². The average molecular weight is 338 g/mol. The van der Waals surface area contributed by atoms with Crippen molar-refractivity contribution in [2.24, 2.45) is 11.8 Å². The van der Waals surface area contributed by atoms with Crippen molar-refractivity contribution < 1.29 is 19.5 Å². The smallest absolute Gasteiger partial charge is 0.329 e. The lowest BCUT2D eigenvalue weighted by Gasteiger charge is -2.38. The van der Waals surface area contributed by atoms with Crippen molar-refractivity contribution in [2.75, 3.05) is 13.1 Å². The molecule has 1 saturated carbocycles. The van der Waals surface area contributed by atoms with Crippen molar-refractivity contribution in [1.29, 1.82) is 0 Å². The van der Waals surface area contributed by atoms with Gasteiger partial charge in [-0.3, -0.25) is 9.59 Å². The SMILES string of the molecule is CCC(C)C(=O)N1CCCC(C(=O)NC2(C(=O)O)CCCCC2)C1. The zero-order chi connectivity index (χ0) is 17.7. The molecule has 1 heterocycles. The highest BCUT2D eigenvalue weighted by Crippen LogP contribution is 2.29. The van der Waals surface area contributed by atoms with Gasteiger partial charge in [-0.15, -0.1) is 0 Å². The lowest BCUT2D eigenvalue weighted by atomic mass is 9.81. The van der Waals surface area contributed by atoms with Gasteiger partial charge in [-0.05, 0) is 32.1 Å². The van der Waals surface area contributed by atoms with Crippen LogP contribution >= 0.6 is 0 Å². The van der Waals surface area contributed by atoms with E-state index in [4.69, 9.17) is 0 Å². The van der Waals surface area contributed by atoms with Crippen LogP contribution in [0.25, 0.3) is 0 Å². The highest BCUT2D eigenvalue weighted by Gasteiger charge is 2.42. The summed E-state index contributed by atoms with van der Waals surface area (Å²) in [7, 11) is 0. The maximum Gasteiger partial charge on any atom is 0.329 e. The molecular formula is C18H30N2O4. The Morgan fingerprint density at radius 2 is 1.88 bits per heavy atom. The second-order valence-corrected chi connectivity index (χ2v) is 7.37. The molecule has 2 amide bonds. The predicted octanol–water partition coefficient (Wildman–Crippen LogP) is 2.17. The van der Waals surface area contributed by atoms with E-state index in [2.05, 4.69) is 5.32 Å². The van der Waals surface area contributed by atoms with Crippen LogP contribution in [-0.2, 0) is 14.4 Å². The van der Waals surface area contributed by atoms with Crippen LogP contribution in [0, 0.1) is 11.8 Å². The van der Waals surface area contributed by atoms with E-state index in [-0.39, 0.29) is 23.7 Å². The van der Waals surface area contributed by atoms with Gasteiger partial charge in [-0.1, -0.05) is 33.1 Å². The zero-order valence-electron chi connectivity index (χ0n) is 14.8. The van der Waals surface area contributed by atoms with Gasteiger partial charge in [0.25, 0.3) is 0 Å². The maximum atomic E-state index is 12.7. The van der Waals surface area contributed by atoms with Gasteiger partial charge in [0.1, 0.15) is 5.54 Å². The van der Waals surface area contributed by atoms with Crippen molar-refractivity contribution in [3.63, 3.8) is 0 Å². The second kappa shape index (κ2) is 7.99. The van der Waals surface area contributed by atoms with Gasteiger partial charge in [-0.25, -0.2) is 4.79 Å². The number of amides is 2. The van der Waals surface area contributed by atoms with Crippen LogP contribution in [-0.4, -0.2) is 46.4 Å². The first-order valence-electron chi connectivity index (χ1n) is 9.24. The first-order valence-corrected chi connectivity index (χ1v) is 9.24. The molecule has 2 aliphatic rings. The summed E-state index contributed by atoms with van der Waals surface area (Å²) in [6.07, 6.45) is 5.96. The van der Waals surface area contributed by atoms with E-state index in [9.17, 15) is 19.5 Å². The molecule has 1 aliphatic carbocycles. The number of hydrogen-bond donors (Lipinski definition) is 2. The first kappa shape index (κ1) is 18.7. The van der Waals surface area contributed by atoms with Gasteiger partial charge in [0, 0.05) is 19.0 Å². The van der Waals surface area contributed by atoms with Gasteiger partial charge in [0.15, 0.2) is 0 Å². The fraction of sp³-hybridized carbons (Fsp3) is 0.833. The minimum absolute atomic E-state index is 0.0319. The summed E-state index contributed by atoms with van der Waals surface area (Å²) >= 11 is 0. The number of carboxylic acids is 1. The van der Waals surface area contributed by atoms with E-state index in [0.717, 1.165) is 32.1 Å². The number of hydrogen-bond acceptors (Lipinski definition) is 3. The molecule has 2 unspecified atom stereocenters. The topological polar surface area (TPSA) is 86.7 Å². The monoisotopic (exact) mass is 338 g/mol. The average Bonchev–Trinajstić information content (AvgIpc) is 2.61.